The molecule has 2 N–H and O–H groups in total. The van der Waals surface area contributed by atoms with Crippen molar-refractivity contribution in [3.05, 3.63) is 48.0 Å². The highest BCUT2D eigenvalue weighted by Crippen LogP contribution is 2.28. The number of benzene rings is 1. The van der Waals surface area contributed by atoms with Gasteiger partial charge in [-0.1, -0.05) is 20.8 Å². The predicted molar refractivity (Wildman–Crippen MR) is 106 cm³/mol. The highest BCUT2D eigenvalue weighted by atomic mass is 19.1. The standard InChI is InChI=1S/C20H24FN5O2/c1-12(14-10-13(21)6-7-16(14)28-5)23-17-8-9-26-18(25-17)15(11-22-26)24-19(27)20(2,3)4/h6-12H,1-5H3,(H,23,25)(H,24,27)/t12-/m1/s1. The molecule has 0 bridgehead atoms. The molecule has 0 radical (unpaired) electrons. The molecule has 3 aromatic rings. The number of ether oxygens (including phenoxy) is 1. The molecule has 1 atom stereocenters. The first kappa shape index (κ1) is 19.6. The van der Waals surface area contributed by atoms with Crippen molar-refractivity contribution in [1.82, 2.24) is 14.6 Å². The molecule has 2 aromatic heterocycles. The molecule has 0 spiro atoms. The molecule has 1 amide bonds. The van der Waals surface area contributed by atoms with Gasteiger partial charge in [-0.15, -0.1) is 0 Å². The Bertz CT molecular complexity index is 1010. The van der Waals surface area contributed by atoms with Crippen molar-refractivity contribution in [3.8, 4) is 5.75 Å². The minimum Gasteiger partial charge on any atom is -0.496 e. The lowest BCUT2D eigenvalue weighted by Gasteiger charge is -2.18. The Morgan fingerprint density at radius 2 is 2.04 bits per heavy atom. The molecule has 3 rings (SSSR count). The van der Waals surface area contributed by atoms with Crippen LogP contribution in [-0.4, -0.2) is 27.6 Å². The molecule has 0 aliphatic heterocycles. The van der Waals surface area contributed by atoms with Crippen LogP contribution in [0.5, 0.6) is 5.75 Å². The highest BCUT2D eigenvalue weighted by Gasteiger charge is 2.23. The average molecular weight is 385 g/mol. The summed E-state index contributed by atoms with van der Waals surface area (Å²) < 4.78 is 20.6. The molecule has 2 heterocycles. The zero-order chi connectivity index (χ0) is 20.5. The molecule has 0 saturated heterocycles. The summed E-state index contributed by atoms with van der Waals surface area (Å²) in [7, 11) is 1.55. The number of methoxy groups -OCH3 is 1. The molecule has 7 nitrogen and oxygen atoms in total. The SMILES string of the molecule is COc1ccc(F)cc1[C@@H](C)Nc1ccn2ncc(NC(=O)C(C)(C)C)c2n1. The van der Waals surface area contributed by atoms with Gasteiger partial charge in [0.15, 0.2) is 5.65 Å². The fraction of sp³-hybridized carbons (Fsp3) is 0.350. The van der Waals surface area contributed by atoms with Gasteiger partial charge in [0.1, 0.15) is 23.1 Å². The molecule has 0 fully saturated rings. The Labute approximate surface area is 162 Å². The molecule has 0 aliphatic carbocycles. The number of fused-ring (bicyclic) bond motifs is 1. The van der Waals surface area contributed by atoms with Crippen LogP contribution in [0.15, 0.2) is 36.7 Å². The zero-order valence-corrected chi connectivity index (χ0v) is 16.6. The Morgan fingerprint density at radius 3 is 2.71 bits per heavy atom. The number of amides is 1. The van der Waals surface area contributed by atoms with Crippen molar-refractivity contribution >= 4 is 23.1 Å². The van der Waals surface area contributed by atoms with E-state index in [4.69, 9.17) is 4.74 Å². The van der Waals surface area contributed by atoms with Crippen LogP contribution in [0, 0.1) is 11.2 Å². The van der Waals surface area contributed by atoms with Gasteiger partial charge in [-0.3, -0.25) is 4.79 Å². The van der Waals surface area contributed by atoms with E-state index in [9.17, 15) is 9.18 Å². The third-order valence-corrected chi connectivity index (χ3v) is 4.32. The van der Waals surface area contributed by atoms with Crippen LogP contribution >= 0.6 is 0 Å². The Balaban J connectivity index is 1.87. The molecular formula is C20H24FN5O2. The van der Waals surface area contributed by atoms with Crippen molar-refractivity contribution in [2.75, 3.05) is 17.7 Å². The monoisotopic (exact) mass is 385 g/mol. The summed E-state index contributed by atoms with van der Waals surface area (Å²) in [6.45, 7) is 7.40. The van der Waals surface area contributed by atoms with E-state index in [1.54, 1.807) is 36.2 Å². The number of hydrogen-bond acceptors (Lipinski definition) is 5. The van der Waals surface area contributed by atoms with E-state index >= 15 is 0 Å². The van der Waals surface area contributed by atoms with E-state index in [-0.39, 0.29) is 17.8 Å². The molecule has 0 aliphatic rings. The van der Waals surface area contributed by atoms with Crippen LogP contribution < -0.4 is 15.4 Å². The van der Waals surface area contributed by atoms with E-state index in [1.165, 1.54) is 12.1 Å². The van der Waals surface area contributed by atoms with Crippen molar-refractivity contribution < 1.29 is 13.9 Å². The largest absolute Gasteiger partial charge is 0.496 e. The molecule has 0 unspecified atom stereocenters. The maximum atomic E-state index is 13.7. The van der Waals surface area contributed by atoms with Crippen LogP contribution in [0.3, 0.4) is 0 Å². The van der Waals surface area contributed by atoms with Crippen molar-refractivity contribution in [2.45, 2.75) is 33.7 Å². The smallest absolute Gasteiger partial charge is 0.229 e. The Morgan fingerprint density at radius 1 is 1.29 bits per heavy atom. The first-order valence-electron chi connectivity index (χ1n) is 8.95. The number of nitrogens with one attached hydrogen (secondary N) is 2. The third kappa shape index (κ3) is 4.05. The second-order valence-electron chi connectivity index (χ2n) is 7.60. The number of halogens is 1. The maximum Gasteiger partial charge on any atom is 0.229 e. The fourth-order valence-electron chi connectivity index (χ4n) is 2.69. The van der Waals surface area contributed by atoms with Crippen LogP contribution in [0.25, 0.3) is 5.65 Å². The summed E-state index contributed by atoms with van der Waals surface area (Å²) in [5.41, 5.74) is 1.19. The number of anilines is 2. The average Bonchev–Trinajstić information content (AvgIpc) is 3.03. The van der Waals surface area contributed by atoms with Gasteiger partial charge >= 0.3 is 0 Å². The minimum absolute atomic E-state index is 0.125. The molecule has 8 heteroatoms. The topological polar surface area (TPSA) is 80.5 Å². The fourth-order valence-corrected chi connectivity index (χ4v) is 2.69. The summed E-state index contributed by atoms with van der Waals surface area (Å²) in [4.78, 5) is 16.8. The first-order chi connectivity index (χ1) is 13.2. The number of carbonyl (C=O) groups excluding carboxylic acids is 1. The zero-order valence-electron chi connectivity index (χ0n) is 16.6. The van der Waals surface area contributed by atoms with Crippen molar-refractivity contribution in [1.29, 1.82) is 0 Å². The number of hydrogen-bond donors (Lipinski definition) is 2. The molecule has 0 saturated carbocycles. The molecule has 148 valence electrons. The lowest BCUT2D eigenvalue weighted by molar-refractivity contribution is -0.123. The first-order valence-corrected chi connectivity index (χ1v) is 8.95. The van der Waals surface area contributed by atoms with E-state index < -0.39 is 5.41 Å². The summed E-state index contributed by atoms with van der Waals surface area (Å²) >= 11 is 0. The predicted octanol–water partition coefficient (Wildman–Crippen LogP) is 4.03. The van der Waals surface area contributed by atoms with E-state index in [2.05, 4.69) is 20.7 Å². The van der Waals surface area contributed by atoms with E-state index in [0.29, 0.717) is 28.5 Å². The number of rotatable bonds is 5. The molecule has 1 aromatic carbocycles. The highest BCUT2D eigenvalue weighted by molar-refractivity contribution is 5.97. The van der Waals surface area contributed by atoms with Gasteiger partial charge in [-0.25, -0.2) is 13.9 Å². The van der Waals surface area contributed by atoms with Gasteiger partial charge in [0, 0.05) is 17.2 Å². The van der Waals surface area contributed by atoms with E-state index in [1.807, 2.05) is 27.7 Å². The summed E-state index contributed by atoms with van der Waals surface area (Å²) in [6, 6.07) is 5.89. The Hall–Kier alpha value is -3.16. The lowest BCUT2D eigenvalue weighted by atomic mass is 9.96. The molecule has 28 heavy (non-hydrogen) atoms. The quantitative estimate of drug-likeness (QED) is 0.693. The van der Waals surface area contributed by atoms with Crippen LogP contribution in [-0.2, 0) is 4.79 Å². The third-order valence-electron chi connectivity index (χ3n) is 4.32. The second kappa shape index (κ2) is 7.46. The number of nitrogens with zero attached hydrogens (tertiary/aromatic N) is 3. The van der Waals surface area contributed by atoms with Gasteiger partial charge in [0.2, 0.25) is 5.91 Å². The van der Waals surface area contributed by atoms with E-state index in [0.717, 1.165) is 0 Å². The normalized spacial score (nSPS) is 12.6. The maximum absolute atomic E-state index is 13.7. The number of carbonyl (C=O) groups is 1. The minimum atomic E-state index is -0.535. The Kier molecular flexibility index (Phi) is 5.22. The van der Waals surface area contributed by atoms with Gasteiger partial charge in [0.05, 0.1) is 19.3 Å². The lowest BCUT2D eigenvalue weighted by Crippen LogP contribution is -2.27. The summed E-state index contributed by atoms with van der Waals surface area (Å²) in [5.74, 6) is 0.694. The molecular weight excluding hydrogens is 361 g/mol. The van der Waals surface area contributed by atoms with Gasteiger partial charge in [-0.2, -0.15) is 5.10 Å². The van der Waals surface area contributed by atoms with Crippen LogP contribution in [0.4, 0.5) is 15.9 Å². The van der Waals surface area contributed by atoms with Crippen LogP contribution in [0.2, 0.25) is 0 Å². The summed E-state index contributed by atoms with van der Waals surface area (Å²) in [5, 5.41) is 10.3. The number of aromatic nitrogens is 3. The van der Waals surface area contributed by atoms with Gasteiger partial charge in [0.25, 0.3) is 0 Å². The summed E-state index contributed by atoms with van der Waals surface area (Å²) in [6.07, 6.45) is 3.31. The second-order valence-corrected chi connectivity index (χ2v) is 7.60. The van der Waals surface area contributed by atoms with Gasteiger partial charge < -0.3 is 15.4 Å². The van der Waals surface area contributed by atoms with Gasteiger partial charge in [-0.05, 0) is 31.2 Å². The van der Waals surface area contributed by atoms with Crippen LogP contribution in [0.1, 0.15) is 39.3 Å². The van der Waals surface area contributed by atoms with Crippen molar-refractivity contribution in [3.63, 3.8) is 0 Å². The van der Waals surface area contributed by atoms with Crippen molar-refractivity contribution in [2.24, 2.45) is 5.41 Å².